The minimum Gasteiger partial charge on any atom is -0.481 e. The van der Waals surface area contributed by atoms with Crippen LogP contribution in [0.2, 0.25) is 0 Å². The molecule has 0 aliphatic heterocycles. The first-order valence-electron chi connectivity index (χ1n) is 5.19. The number of carboxylic acid groups (broad SMARTS) is 1. The maximum Gasteiger partial charge on any atom is 0.309 e. The highest BCUT2D eigenvalue weighted by molar-refractivity contribution is 5.75. The Kier molecular flexibility index (Phi) is 3.05. The number of hydrogen-bond donors (Lipinski definition) is 2. The van der Waals surface area contributed by atoms with E-state index in [9.17, 15) is 4.79 Å². The summed E-state index contributed by atoms with van der Waals surface area (Å²) in [6.45, 7) is 0. The van der Waals surface area contributed by atoms with Crippen LogP contribution in [-0.2, 0) is 11.2 Å². The summed E-state index contributed by atoms with van der Waals surface area (Å²) in [7, 11) is 0. The van der Waals surface area contributed by atoms with Gasteiger partial charge in [-0.2, -0.15) is 0 Å². The van der Waals surface area contributed by atoms with Crippen LogP contribution in [0.5, 0.6) is 0 Å². The summed E-state index contributed by atoms with van der Waals surface area (Å²) in [4.78, 5) is 14.6. The quantitative estimate of drug-likeness (QED) is 0.841. The molecule has 17 heavy (non-hydrogen) atoms. The predicted octanol–water partition coefficient (Wildman–Crippen LogP) is 1.96. The van der Waals surface area contributed by atoms with E-state index in [1.54, 1.807) is 12.1 Å². The van der Waals surface area contributed by atoms with Crippen molar-refractivity contribution in [2.24, 2.45) is 0 Å². The average Bonchev–Trinajstić information content (AvgIpc) is 2.29. The van der Waals surface area contributed by atoms with Crippen molar-refractivity contribution in [3.63, 3.8) is 0 Å². The van der Waals surface area contributed by atoms with Crippen molar-refractivity contribution in [3.8, 4) is 11.1 Å². The van der Waals surface area contributed by atoms with Crippen LogP contribution in [-0.4, -0.2) is 16.1 Å². The number of pyridine rings is 1. The Balaban J connectivity index is 2.35. The molecule has 4 nitrogen and oxygen atoms in total. The smallest absolute Gasteiger partial charge is 0.309 e. The van der Waals surface area contributed by atoms with Gasteiger partial charge in [0.2, 0.25) is 0 Å². The Morgan fingerprint density at radius 3 is 2.47 bits per heavy atom. The average molecular weight is 228 g/mol. The first kappa shape index (κ1) is 11.1. The molecule has 0 saturated carbocycles. The van der Waals surface area contributed by atoms with Gasteiger partial charge in [-0.05, 0) is 17.7 Å². The van der Waals surface area contributed by atoms with Crippen LogP contribution in [0, 0.1) is 0 Å². The van der Waals surface area contributed by atoms with Crippen molar-refractivity contribution < 1.29 is 9.90 Å². The molecular weight excluding hydrogens is 216 g/mol. The SMILES string of the molecule is Nc1nc(CC(=O)O)ccc1-c1ccccc1. The molecule has 2 aromatic rings. The molecule has 1 heterocycles. The molecule has 0 aliphatic carbocycles. The molecule has 3 N–H and O–H groups in total. The van der Waals surface area contributed by atoms with Crippen LogP contribution in [0.25, 0.3) is 11.1 Å². The van der Waals surface area contributed by atoms with Gasteiger partial charge in [-0.15, -0.1) is 0 Å². The normalized spacial score (nSPS) is 10.1. The number of aliphatic carboxylic acids is 1. The van der Waals surface area contributed by atoms with E-state index < -0.39 is 5.97 Å². The van der Waals surface area contributed by atoms with E-state index in [-0.39, 0.29) is 6.42 Å². The van der Waals surface area contributed by atoms with Crippen LogP contribution in [0.15, 0.2) is 42.5 Å². The van der Waals surface area contributed by atoms with Crippen LogP contribution >= 0.6 is 0 Å². The van der Waals surface area contributed by atoms with Crippen molar-refractivity contribution in [2.45, 2.75) is 6.42 Å². The lowest BCUT2D eigenvalue weighted by Gasteiger charge is -2.06. The number of rotatable bonds is 3. The van der Waals surface area contributed by atoms with Gasteiger partial charge >= 0.3 is 5.97 Å². The highest BCUT2D eigenvalue weighted by atomic mass is 16.4. The Labute approximate surface area is 98.7 Å². The third-order valence-corrected chi connectivity index (χ3v) is 2.40. The lowest BCUT2D eigenvalue weighted by molar-refractivity contribution is -0.136. The number of nitrogens with two attached hydrogens (primary N) is 1. The largest absolute Gasteiger partial charge is 0.481 e. The van der Waals surface area contributed by atoms with E-state index in [2.05, 4.69) is 4.98 Å². The molecule has 0 radical (unpaired) electrons. The van der Waals surface area contributed by atoms with Gasteiger partial charge in [0.15, 0.2) is 0 Å². The van der Waals surface area contributed by atoms with Crippen LogP contribution in [0.1, 0.15) is 5.69 Å². The fraction of sp³-hybridized carbons (Fsp3) is 0.0769. The lowest BCUT2D eigenvalue weighted by Crippen LogP contribution is -2.04. The third kappa shape index (κ3) is 2.60. The van der Waals surface area contributed by atoms with Crippen molar-refractivity contribution >= 4 is 11.8 Å². The van der Waals surface area contributed by atoms with Gasteiger partial charge in [-0.25, -0.2) is 4.98 Å². The van der Waals surface area contributed by atoms with Crippen LogP contribution < -0.4 is 5.73 Å². The van der Waals surface area contributed by atoms with Crippen molar-refractivity contribution in [2.75, 3.05) is 5.73 Å². The van der Waals surface area contributed by atoms with Gasteiger partial charge in [0, 0.05) is 5.56 Å². The molecule has 0 unspecified atom stereocenters. The Bertz CT molecular complexity index is 538. The Hall–Kier alpha value is -2.36. The van der Waals surface area contributed by atoms with Gasteiger partial charge in [0.1, 0.15) is 5.82 Å². The van der Waals surface area contributed by atoms with Crippen LogP contribution in [0.3, 0.4) is 0 Å². The zero-order valence-corrected chi connectivity index (χ0v) is 9.13. The first-order valence-corrected chi connectivity index (χ1v) is 5.19. The van der Waals surface area contributed by atoms with Gasteiger partial charge in [-0.1, -0.05) is 30.3 Å². The standard InChI is InChI=1S/C13H12N2O2/c14-13-11(9-4-2-1-3-5-9)7-6-10(15-13)8-12(16)17/h1-7H,8H2,(H2,14,15)(H,16,17). The molecule has 4 heteroatoms. The summed E-state index contributed by atoms with van der Waals surface area (Å²) >= 11 is 0. The lowest BCUT2D eigenvalue weighted by atomic mass is 10.1. The number of nitrogens with zero attached hydrogens (tertiary/aromatic N) is 1. The summed E-state index contributed by atoms with van der Waals surface area (Å²) in [6.07, 6.45) is -0.112. The number of benzene rings is 1. The fourth-order valence-electron chi connectivity index (χ4n) is 1.63. The third-order valence-electron chi connectivity index (χ3n) is 2.40. The molecule has 0 bridgehead atoms. The van der Waals surface area contributed by atoms with Gasteiger partial charge in [0.05, 0.1) is 12.1 Å². The second-order valence-electron chi connectivity index (χ2n) is 3.67. The molecule has 0 amide bonds. The predicted molar refractivity (Wildman–Crippen MR) is 65.4 cm³/mol. The number of hydrogen-bond acceptors (Lipinski definition) is 3. The zero-order valence-electron chi connectivity index (χ0n) is 9.13. The highest BCUT2D eigenvalue weighted by Gasteiger charge is 2.07. The number of carboxylic acids is 1. The topological polar surface area (TPSA) is 76.2 Å². The number of carbonyl (C=O) groups is 1. The monoisotopic (exact) mass is 228 g/mol. The van der Waals surface area contributed by atoms with Gasteiger partial charge < -0.3 is 10.8 Å². The molecule has 86 valence electrons. The molecule has 0 saturated heterocycles. The van der Waals surface area contributed by atoms with Crippen molar-refractivity contribution in [1.82, 2.24) is 4.98 Å². The summed E-state index contributed by atoms with van der Waals surface area (Å²) in [6, 6.07) is 13.1. The Morgan fingerprint density at radius 2 is 1.88 bits per heavy atom. The highest BCUT2D eigenvalue weighted by Crippen LogP contribution is 2.24. The summed E-state index contributed by atoms with van der Waals surface area (Å²) in [5.74, 6) is -0.556. The molecule has 0 fully saturated rings. The minimum atomic E-state index is -0.913. The van der Waals surface area contributed by atoms with E-state index in [0.717, 1.165) is 11.1 Å². The summed E-state index contributed by atoms with van der Waals surface area (Å²) in [5.41, 5.74) is 8.08. The summed E-state index contributed by atoms with van der Waals surface area (Å²) in [5, 5.41) is 8.66. The van der Waals surface area contributed by atoms with E-state index in [4.69, 9.17) is 10.8 Å². The molecule has 0 atom stereocenters. The van der Waals surface area contributed by atoms with Crippen molar-refractivity contribution in [1.29, 1.82) is 0 Å². The number of anilines is 1. The second-order valence-corrected chi connectivity index (χ2v) is 3.67. The van der Waals surface area contributed by atoms with E-state index in [0.29, 0.717) is 11.5 Å². The van der Waals surface area contributed by atoms with Crippen molar-refractivity contribution in [3.05, 3.63) is 48.2 Å². The summed E-state index contributed by atoms with van der Waals surface area (Å²) < 4.78 is 0. The maximum absolute atomic E-state index is 10.6. The van der Waals surface area contributed by atoms with Crippen LogP contribution in [0.4, 0.5) is 5.82 Å². The number of nitrogen functional groups attached to an aromatic ring is 1. The van der Waals surface area contributed by atoms with Gasteiger partial charge in [-0.3, -0.25) is 4.79 Å². The zero-order chi connectivity index (χ0) is 12.3. The Morgan fingerprint density at radius 1 is 1.18 bits per heavy atom. The molecule has 0 aliphatic rings. The minimum absolute atomic E-state index is 0.112. The van der Waals surface area contributed by atoms with E-state index in [1.165, 1.54) is 0 Å². The molecule has 2 rings (SSSR count). The molecule has 1 aromatic heterocycles. The second kappa shape index (κ2) is 4.65. The molecule has 1 aromatic carbocycles. The maximum atomic E-state index is 10.6. The number of aromatic nitrogens is 1. The first-order chi connectivity index (χ1) is 8.16. The molecule has 0 spiro atoms. The fourth-order valence-corrected chi connectivity index (χ4v) is 1.63. The van der Waals surface area contributed by atoms with Gasteiger partial charge in [0.25, 0.3) is 0 Å². The molecular formula is C13H12N2O2. The van der Waals surface area contributed by atoms with E-state index in [1.807, 2.05) is 30.3 Å². The van der Waals surface area contributed by atoms with E-state index >= 15 is 0 Å².